The first-order chi connectivity index (χ1) is 6.12. The van der Waals surface area contributed by atoms with Crippen molar-refractivity contribution in [3.05, 3.63) is 24.3 Å². The van der Waals surface area contributed by atoms with Crippen LogP contribution in [0.1, 0.15) is 6.42 Å². The van der Waals surface area contributed by atoms with Crippen LogP contribution in [0.3, 0.4) is 0 Å². The number of nitrogens with zero attached hydrogens (tertiary/aromatic N) is 1. The van der Waals surface area contributed by atoms with E-state index in [1.807, 2.05) is 26.2 Å². The van der Waals surface area contributed by atoms with Gasteiger partial charge in [-0.1, -0.05) is 12.2 Å². The number of hydrogen-bond donors (Lipinski definition) is 0. The summed E-state index contributed by atoms with van der Waals surface area (Å²) in [6, 6.07) is 0. The number of allylic oxidation sites excluding steroid dienone is 2. The van der Waals surface area contributed by atoms with Gasteiger partial charge in [-0.2, -0.15) is 0 Å². The zero-order valence-electron chi connectivity index (χ0n) is 8.16. The van der Waals surface area contributed by atoms with Crippen LogP contribution in [-0.4, -0.2) is 36.7 Å². The highest BCUT2D eigenvalue weighted by atomic mass is 79.9. The standard InChI is InChI=1S/C10H16BrNO/c1-12(2)8-9-13-10(11)6-4-3-5-7-10/h4-7H,3,8-9H2,1-2H3. The fourth-order valence-corrected chi connectivity index (χ4v) is 1.61. The SMILES string of the molecule is CN(C)CCOC1(Br)C=CCC=C1. The molecule has 74 valence electrons. The van der Waals surface area contributed by atoms with Crippen molar-refractivity contribution in [2.24, 2.45) is 0 Å². The van der Waals surface area contributed by atoms with Crippen molar-refractivity contribution in [1.82, 2.24) is 4.90 Å². The molecule has 1 aliphatic carbocycles. The first kappa shape index (κ1) is 11.0. The summed E-state index contributed by atoms with van der Waals surface area (Å²) >= 11 is 3.53. The second kappa shape index (κ2) is 4.94. The number of alkyl halides is 1. The lowest BCUT2D eigenvalue weighted by molar-refractivity contribution is 0.0828. The van der Waals surface area contributed by atoms with Gasteiger partial charge in [0, 0.05) is 6.54 Å². The summed E-state index contributed by atoms with van der Waals surface area (Å²) in [5.74, 6) is 0. The van der Waals surface area contributed by atoms with Crippen LogP contribution >= 0.6 is 15.9 Å². The van der Waals surface area contributed by atoms with E-state index in [2.05, 4.69) is 33.0 Å². The Morgan fingerprint density at radius 3 is 2.54 bits per heavy atom. The van der Waals surface area contributed by atoms with Crippen LogP contribution in [0.25, 0.3) is 0 Å². The molecule has 0 N–H and O–H groups in total. The smallest absolute Gasteiger partial charge is 0.159 e. The topological polar surface area (TPSA) is 12.5 Å². The van der Waals surface area contributed by atoms with Gasteiger partial charge in [0.05, 0.1) is 6.61 Å². The van der Waals surface area contributed by atoms with E-state index in [-0.39, 0.29) is 4.51 Å². The maximum absolute atomic E-state index is 5.68. The first-order valence-electron chi connectivity index (χ1n) is 4.45. The Morgan fingerprint density at radius 2 is 2.00 bits per heavy atom. The van der Waals surface area contributed by atoms with Gasteiger partial charge in [-0.05, 0) is 48.6 Å². The predicted octanol–water partition coefficient (Wildman–Crippen LogP) is 2.17. The quantitative estimate of drug-likeness (QED) is 0.556. The summed E-state index contributed by atoms with van der Waals surface area (Å²) in [6.45, 7) is 1.67. The Labute approximate surface area is 88.4 Å². The third kappa shape index (κ3) is 4.07. The highest BCUT2D eigenvalue weighted by Crippen LogP contribution is 2.26. The van der Waals surface area contributed by atoms with Crippen molar-refractivity contribution >= 4 is 15.9 Å². The molecule has 3 heteroatoms. The van der Waals surface area contributed by atoms with Gasteiger partial charge in [0.2, 0.25) is 0 Å². The van der Waals surface area contributed by atoms with Gasteiger partial charge in [-0.3, -0.25) is 0 Å². The zero-order chi connectivity index (χ0) is 9.73. The molecule has 13 heavy (non-hydrogen) atoms. The molecular formula is C10H16BrNO. The third-order valence-electron chi connectivity index (χ3n) is 1.82. The molecule has 0 saturated carbocycles. The van der Waals surface area contributed by atoms with Gasteiger partial charge in [0.15, 0.2) is 4.51 Å². The Kier molecular flexibility index (Phi) is 4.16. The lowest BCUT2D eigenvalue weighted by atomic mass is 10.2. The summed E-state index contributed by atoms with van der Waals surface area (Å²) in [4.78, 5) is 2.10. The van der Waals surface area contributed by atoms with Gasteiger partial charge < -0.3 is 9.64 Å². The molecule has 0 spiro atoms. The molecule has 0 aromatic heterocycles. The number of halogens is 1. The maximum Gasteiger partial charge on any atom is 0.159 e. The molecule has 0 saturated heterocycles. The van der Waals surface area contributed by atoms with Crippen molar-refractivity contribution < 1.29 is 4.74 Å². The van der Waals surface area contributed by atoms with Crippen LogP contribution in [0.4, 0.5) is 0 Å². The first-order valence-corrected chi connectivity index (χ1v) is 5.25. The Hall–Kier alpha value is -0.120. The van der Waals surface area contributed by atoms with Crippen LogP contribution < -0.4 is 0 Å². The second-order valence-corrected chi connectivity index (χ2v) is 4.63. The van der Waals surface area contributed by atoms with Crippen LogP contribution in [0.15, 0.2) is 24.3 Å². The van der Waals surface area contributed by atoms with Gasteiger partial charge in [-0.25, -0.2) is 0 Å². The maximum atomic E-state index is 5.68. The lowest BCUT2D eigenvalue weighted by Crippen LogP contribution is -2.26. The summed E-state index contributed by atoms with van der Waals surface area (Å²) in [5.41, 5.74) is 0. The van der Waals surface area contributed by atoms with E-state index >= 15 is 0 Å². The van der Waals surface area contributed by atoms with Crippen molar-refractivity contribution in [1.29, 1.82) is 0 Å². The molecule has 0 heterocycles. The normalized spacial score (nSPS) is 19.7. The summed E-state index contributed by atoms with van der Waals surface area (Å²) in [6.07, 6.45) is 9.30. The van der Waals surface area contributed by atoms with E-state index in [0.717, 1.165) is 19.6 Å². The predicted molar refractivity (Wildman–Crippen MR) is 59.1 cm³/mol. The van der Waals surface area contributed by atoms with Crippen molar-refractivity contribution in [3.8, 4) is 0 Å². The minimum absolute atomic E-state index is 0.360. The van der Waals surface area contributed by atoms with E-state index in [1.165, 1.54) is 0 Å². The molecule has 1 aliphatic rings. The fraction of sp³-hybridized carbons (Fsp3) is 0.600. The molecule has 0 fully saturated rings. The van der Waals surface area contributed by atoms with Gasteiger partial charge in [0.25, 0.3) is 0 Å². The third-order valence-corrected chi connectivity index (χ3v) is 2.58. The van der Waals surface area contributed by atoms with E-state index < -0.39 is 0 Å². The summed E-state index contributed by atoms with van der Waals surface area (Å²) in [7, 11) is 4.08. The van der Waals surface area contributed by atoms with E-state index in [1.54, 1.807) is 0 Å². The molecule has 0 bridgehead atoms. The molecule has 0 aliphatic heterocycles. The monoisotopic (exact) mass is 245 g/mol. The summed E-state index contributed by atoms with van der Waals surface area (Å²) in [5, 5.41) is 0. The van der Waals surface area contributed by atoms with Crippen molar-refractivity contribution in [2.45, 2.75) is 10.9 Å². The fourth-order valence-electron chi connectivity index (χ4n) is 1.07. The highest BCUT2D eigenvalue weighted by Gasteiger charge is 2.21. The largest absolute Gasteiger partial charge is 0.355 e. The molecule has 0 aromatic carbocycles. The molecule has 0 amide bonds. The Morgan fingerprint density at radius 1 is 1.38 bits per heavy atom. The van der Waals surface area contributed by atoms with Crippen LogP contribution in [0, 0.1) is 0 Å². The lowest BCUT2D eigenvalue weighted by Gasteiger charge is -2.23. The van der Waals surface area contributed by atoms with E-state index in [9.17, 15) is 0 Å². The number of ether oxygens (including phenoxy) is 1. The van der Waals surface area contributed by atoms with E-state index in [4.69, 9.17) is 4.74 Å². The molecule has 2 nitrogen and oxygen atoms in total. The molecule has 0 atom stereocenters. The van der Waals surface area contributed by atoms with Crippen LogP contribution in [-0.2, 0) is 4.74 Å². The van der Waals surface area contributed by atoms with Gasteiger partial charge in [0.1, 0.15) is 0 Å². The van der Waals surface area contributed by atoms with E-state index in [0.29, 0.717) is 0 Å². The van der Waals surface area contributed by atoms with Crippen molar-refractivity contribution in [2.75, 3.05) is 27.2 Å². The number of rotatable bonds is 4. The molecule has 1 rings (SSSR count). The second-order valence-electron chi connectivity index (χ2n) is 3.39. The minimum Gasteiger partial charge on any atom is -0.355 e. The van der Waals surface area contributed by atoms with Crippen LogP contribution in [0.5, 0.6) is 0 Å². The molecule has 0 radical (unpaired) electrons. The number of likely N-dealkylation sites (N-methyl/N-ethyl adjacent to an activating group) is 1. The Balaban J connectivity index is 2.30. The Bertz CT molecular complexity index is 199. The van der Waals surface area contributed by atoms with Gasteiger partial charge >= 0.3 is 0 Å². The van der Waals surface area contributed by atoms with Crippen LogP contribution in [0.2, 0.25) is 0 Å². The zero-order valence-corrected chi connectivity index (χ0v) is 9.75. The van der Waals surface area contributed by atoms with Crippen molar-refractivity contribution in [3.63, 3.8) is 0 Å². The average molecular weight is 246 g/mol. The molecule has 0 unspecified atom stereocenters. The highest BCUT2D eigenvalue weighted by molar-refractivity contribution is 9.10. The molecule has 0 aromatic rings. The van der Waals surface area contributed by atoms with Gasteiger partial charge in [-0.15, -0.1) is 0 Å². The summed E-state index contributed by atoms with van der Waals surface area (Å²) < 4.78 is 5.32. The average Bonchev–Trinajstić information content (AvgIpc) is 2.04. The minimum atomic E-state index is -0.360. The molecular weight excluding hydrogens is 230 g/mol. The number of hydrogen-bond acceptors (Lipinski definition) is 2.